The molecule has 1 fully saturated rings. The van der Waals surface area contributed by atoms with Gasteiger partial charge in [-0.1, -0.05) is 24.3 Å². The van der Waals surface area contributed by atoms with E-state index < -0.39 is 0 Å². The molecule has 0 atom stereocenters. The molecule has 1 aliphatic rings. The number of nitrogens with zero attached hydrogens (tertiary/aromatic N) is 1. The lowest BCUT2D eigenvalue weighted by atomic mass is 9.88. The molecule has 0 amide bonds. The summed E-state index contributed by atoms with van der Waals surface area (Å²) in [5.41, 5.74) is 1.58. The molecule has 0 aliphatic heterocycles. The first kappa shape index (κ1) is 14.8. The minimum absolute atomic E-state index is 0.125. The smallest absolute Gasteiger partial charge is 0.170 e. The summed E-state index contributed by atoms with van der Waals surface area (Å²) in [6.45, 7) is 3.69. The van der Waals surface area contributed by atoms with Gasteiger partial charge >= 0.3 is 0 Å². The largest absolute Gasteiger partial charge is 0.457 e. The van der Waals surface area contributed by atoms with Crippen molar-refractivity contribution in [2.75, 3.05) is 0 Å². The number of ketones is 2. The minimum Gasteiger partial charge on any atom is -0.457 e. The fraction of sp³-hybridized carbons (Fsp3) is 0.111. The van der Waals surface area contributed by atoms with Crippen molar-refractivity contribution in [3.05, 3.63) is 64.8 Å². The van der Waals surface area contributed by atoms with Crippen molar-refractivity contribution >= 4 is 23.3 Å². The van der Waals surface area contributed by atoms with Gasteiger partial charge in [-0.15, -0.1) is 4.91 Å². The minimum atomic E-state index is -0.251. The van der Waals surface area contributed by atoms with Crippen LogP contribution in [0.5, 0.6) is 0 Å². The SMILES string of the molecule is C=C1CC(=O)C(=Cc2ccc(-c3ccccc3N=O)o2)C(=O)C1. The van der Waals surface area contributed by atoms with Crippen LogP contribution in [-0.2, 0) is 9.59 Å². The van der Waals surface area contributed by atoms with Gasteiger partial charge in [-0.05, 0) is 35.5 Å². The molecule has 1 aromatic heterocycles. The fourth-order valence-electron chi connectivity index (χ4n) is 2.50. The second-order valence-corrected chi connectivity index (χ2v) is 5.32. The Hall–Kier alpha value is -3.08. The van der Waals surface area contributed by atoms with E-state index in [1.165, 1.54) is 6.08 Å². The summed E-state index contributed by atoms with van der Waals surface area (Å²) in [5.74, 6) is 0.329. The van der Waals surface area contributed by atoms with E-state index in [0.29, 0.717) is 22.7 Å². The zero-order valence-electron chi connectivity index (χ0n) is 12.2. The maximum atomic E-state index is 11.9. The summed E-state index contributed by atoms with van der Waals surface area (Å²) >= 11 is 0. The average molecular weight is 307 g/mol. The third-order valence-electron chi connectivity index (χ3n) is 3.60. The molecule has 2 aromatic rings. The van der Waals surface area contributed by atoms with Crippen molar-refractivity contribution in [2.45, 2.75) is 12.8 Å². The van der Waals surface area contributed by atoms with Crippen LogP contribution in [0.25, 0.3) is 17.4 Å². The van der Waals surface area contributed by atoms with Crippen LogP contribution in [0.3, 0.4) is 0 Å². The monoisotopic (exact) mass is 307 g/mol. The molecule has 5 heteroatoms. The second-order valence-electron chi connectivity index (χ2n) is 5.32. The molecule has 0 bridgehead atoms. The Morgan fingerprint density at radius 1 is 1.04 bits per heavy atom. The summed E-state index contributed by atoms with van der Waals surface area (Å²) in [5, 5.41) is 2.96. The van der Waals surface area contributed by atoms with Crippen LogP contribution in [0.2, 0.25) is 0 Å². The van der Waals surface area contributed by atoms with Crippen LogP contribution in [0, 0.1) is 4.91 Å². The highest BCUT2D eigenvalue weighted by Gasteiger charge is 2.25. The first-order valence-corrected chi connectivity index (χ1v) is 7.06. The first-order chi connectivity index (χ1) is 11.1. The van der Waals surface area contributed by atoms with Crippen molar-refractivity contribution in [3.8, 4) is 11.3 Å². The van der Waals surface area contributed by atoms with Crippen LogP contribution < -0.4 is 0 Å². The molecule has 1 aromatic carbocycles. The van der Waals surface area contributed by atoms with Gasteiger partial charge in [0.15, 0.2) is 11.6 Å². The highest BCUT2D eigenvalue weighted by atomic mass is 16.3. The molecule has 1 saturated carbocycles. The van der Waals surface area contributed by atoms with Gasteiger partial charge < -0.3 is 4.42 Å². The summed E-state index contributed by atoms with van der Waals surface area (Å²) < 4.78 is 5.64. The zero-order chi connectivity index (χ0) is 16.4. The molecular weight excluding hydrogens is 294 g/mol. The lowest BCUT2D eigenvalue weighted by molar-refractivity contribution is -0.122. The van der Waals surface area contributed by atoms with Crippen LogP contribution in [-0.4, -0.2) is 11.6 Å². The first-order valence-electron chi connectivity index (χ1n) is 7.06. The van der Waals surface area contributed by atoms with Gasteiger partial charge in [0.05, 0.1) is 5.57 Å². The molecular formula is C18H13NO4. The number of allylic oxidation sites excluding steroid dienone is 2. The van der Waals surface area contributed by atoms with Gasteiger partial charge in [0, 0.05) is 18.4 Å². The highest BCUT2D eigenvalue weighted by Crippen LogP contribution is 2.32. The van der Waals surface area contributed by atoms with E-state index in [9.17, 15) is 14.5 Å². The average Bonchev–Trinajstić information content (AvgIpc) is 2.99. The Kier molecular flexibility index (Phi) is 3.85. The van der Waals surface area contributed by atoms with Crippen LogP contribution in [0.1, 0.15) is 18.6 Å². The number of hydrogen-bond acceptors (Lipinski definition) is 5. The fourth-order valence-corrected chi connectivity index (χ4v) is 2.50. The van der Waals surface area contributed by atoms with Crippen LogP contribution >= 0.6 is 0 Å². The number of Topliss-reactive ketones (excluding diaryl/α,β-unsaturated/α-hetero) is 2. The number of hydrogen-bond donors (Lipinski definition) is 0. The van der Waals surface area contributed by atoms with E-state index in [1.807, 2.05) is 0 Å². The van der Waals surface area contributed by atoms with E-state index in [2.05, 4.69) is 11.8 Å². The second kappa shape index (κ2) is 5.96. The lowest BCUT2D eigenvalue weighted by Gasteiger charge is -2.13. The number of carbonyl (C=O) groups is 2. The lowest BCUT2D eigenvalue weighted by Crippen LogP contribution is -2.19. The number of rotatable bonds is 3. The predicted octanol–water partition coefficient (Wildman–Crippen LogP) is 4.22. The van der Waals surface area contributed by atoms with Crippen molar-refractivity contribution in [2.24, 2.45) is 5.18 Å². The molecule has 1 heterocycles. The van der Waals surface area contributed by atoms with Crippen molar-refractivity contribution in [1.82, 2.24) is 0 Å². The van der Waals surface area contributed by atoms with Gasteiger partial charge in [-0.2, -0.15) is 0 Å². The molecule has 23 heavy (non-hydrogen) atoms. The topological polar surface area (TPSA) is 76.7 Å². The molecule has 0 saturated heterocycles. The molecule has 3 rings (SSSR count). The van der Waals surface area contributed by atoms with Crippen molar-refractivity contribution < 1.29 is 14.0 Å². The number of furan rings is 1. The quantitative estimate of drug-likeness (QED) is 0.368. The summed E-state index contributed by atoms with van der Waals surface area (Å²) in [7, 11) is 0. The van der Waals surface area contributed by atoms with Gasteiger partial charge in [0.25, 0.3) is 0 Å². The van der Waals surface area contributed by atoms with E-state index in [-0.39, 0.29) is 35.7 Å². The normalized spacial score (nSPS) is 15.0. The summed E-state index contributed by atoms with van der Waals surface area (Å²) in [6.07, 6.45) is 1.81. The maximum absolute atomic E-state index is 11.9. The third kappa shape index (κ3) is 2.94. The molecule has 114 valence electrons. The summed E-state index contributed by atoms with van der Waals surface area (Å²) in [4.78, 5) is 34.7. The molecule has 0 radical (unpaired) electrons. The Labute approximate surface area is 132 Å². The number of benzene rings is 1. The Bertz CT molecular complexity index is 835. The van der Waals surface area contributed by atoms with Crippen molar-refractivity contribution in [1.29, 1.82) is 0 Å². The van der Waals surface area contributed by atoms with E-state index >= 15 is 0 Å². The standard InChI is InChI=1S/C18H13NO4/c1-11-8-16(20)14(17(21)9-11)10-12-6-7-18(23-12)13-4-2-3-5-15(13)19-22/h2-7,10H,1,8-9H2. The van der Waals surface area contributed by atoms with E-state index in [1.54, 1.807) is 36.4 Å². The Balaban J connectivity index is 1.95. The molecule has 0 spiro atoms. The number of nitroso groups, excluding NO2 is 1. The van der Waals surface area contributed by atoms with Gasteiger partial charge in [0.1, 0.15) is 17.2 Å². The van der Waals surface area contributed by atoms with Gasteiger partial charge in [-0.3, -0.25) is 9.59 Å². The van der Waals surface area contributed by atoms with Gasteiger partial charge in [0.2, 0.25) is 0 Å². The highest BCUT2D eigenvalue weighted by molar-refractivity contribution is 6.26. The summed E-state index contributed by atoms with van der Waals surface area (Å²) in [6, 6.07) is 10.1. The van der Waals surface area contributed by atoms with E-state index in [0.717, 1.165) is 0 Å². The van der Waals surface area contributed by atoms with E-state index in [4.69, 9.17) is 4.42 Å². The third-order valence-corrected chi connectivity index (χ3v) is 3.60. The molecule has 1 aliphatic carbocycles. The van der Waals surface area contributed by atoms with Crippen molar-refractivity contribution in [3.63, 3.8) is 0 Å². The predicted molar refractivity (Wildman–Crippen MR) is 86.0 cm³/mol. The Morgan fingerprint density at radius 3 is 2.43 bits per heavy atom. The number of carbonyl (C=O) groups excluding carboxylic acids is 2. The van der Waals surface area contributed by atoms with Crippen LogP contribution in [0.4, 0.5) is 5.69 Å². The molecule has 0 unspecified atom stereocenters. The molecule has 5 nitrogen and oxygen atoms in total. The van der Waals surface area contributed by atoms with Crippen LogP contribution in [0.15, 0.2) is 63.7 Å². The zero-order valence-corrected chi connectivity index (χ0v) is 12.2. The maximum Gasteiger partial charge on any atom is 0.170 e. The van der Waals surface area contributed by atoms with Gasteiger partial charge in [-0.25, -0.2) is 0 Å². The Morgan fingerprint density at radius 2 is 1.74 bits per heavy atom. The molecule has 0 N–H and O–H groups in total.